The first-order valence-corrected chi connectivity index (χ1v) is 9.19. The van der Waals surface area contributed by atoms with E-state index in [9.17, 15) is 14.7 Å². The highest BCUT2D eigenvalue weighted by Crippen LogP contribution is 2.36. The van der Waals surface area contributed by atoms with E-state index in [1.165, 1.54) is 11.3 Å². The summed E-state index contributed by atoms with van der Waals surface area (Å²) < 4.78 is 0.638. The van der Waals surface area contributed by atoms with Crippen LogP contribution in [0.1, 0.15) is 20.7 Å². The minimum atomic E-state index is -1.10. The third kappa shape index (κ3) is 3.76. The van der Waals surface area contributed by atoms with Crippen molar-refractivity contribution in [2.45, 2.75) is 0 Å². The Hall–Kier alpha value is -2.15. The lowest BCUT2D eigenvalue weighted by Gasteiger charge is -2.07. The zero-order chi connectivity index (χ0) is 18.0. The molecular formula is C18H11BrClNO3S. The van der Waals surface area contributed by atoms with E-state index in [-0.39, 0.29) is 11.5 Å². The van der Waals surface area contributed by atoms with Crippen LogP contribution in [0, 0.1) is 0 Å². The van der Waals surface area contributed by atoms with Gasteiger partial charge in [-0.2, -0.15) is 0 Å². The van der Waals surface area contributed by atoms with Gasteiger partial charge in [0.2, 0.25) is 0 Å². The molecule has 25 heavy (non-hydrogen) atoms. The molecule has 0 saturated heterocycles. The maximum atomic E-state index is 12.5. The quantitative estimate of drug-likeness (QED) is 0.544. The van der Waals surface area contributed by atoms with Crippen molar-refractivity contribution < 1.29 is 14.7 Å². The molecule has 7 heteroatoms. The summed E-state index contributed by atoms with van der Waals surface area (Å²) in [7, 11) is 0. The van der Waals surface area contributed by atoms with Gasteiger partial charge in [0, 0.05) is 20.4 Å². The average Bonchev–Trinajstić information content (AvgIpc) is 2.99. The molecule has 0 atom stereocenters. The first kappa shape index (κ1) is 17.7. The van der Waals surface area contributed by atoms with Crippen LogP contribution >= 0.6 is 38.9 Å². The molecule has 3 aromatic rings. The number of carboxylic acid groups (broad SMARTS) is 1. The maximum absolute atomic E-state index is 12.5. The van der Waals surface area contributed by atoms with Crippen LogP contribution in [0.4, 0.5) is 5.00 Å². The van der Waals surface area contributed by atoms with E-state index in [0.717, 1.165) is 5.56 Å². The molecule has 0 saturated carbocycles. The Morgan fingerprint density at radius 2 is 1.76 bits per heavy atom. The second kappa shape index (κ2) is 7.39. The molecule has 1 aromatic heterocycles. The Morgan fingerprint density at radius 3 is 2.40 bits per heavy atom. The van der Waals surface area contributed by atoms with Crippen molar-refractivity contribution in [1.29, 1.82) is 0 Å². The van der Waals surface area contributed by atoms with Gasteiger partial charge in [0.25, 0.3) is 5.91 Å². The molecule has 1 heterocycles. The number of thiophene rings is 1. The molecule has 3 rings (SSSR count). The van der Waals surface area contributed by atoms with E-state index in [4.69, 9.17) is 11.6 Å². The summed E-state index contributed by atoms with van der Waals surface area (Å²) in [6, 6.07) is 13.8. The molecule has 0 radical (unpaired) electrons. The van der Waals surface area contributed by atoms with E-state index < -0.39 is 5.97 Å². The number of hydrogen-bond donors (Lipinski definition) is 2. The first-order chi connectivity index (χ1) is 12.0. The van der Waals surface area contributed by atoms with E-state index in [0.29, 0.717) is 25.6 Å². The smallest absolute Gasteiger partial charge is 0.339 e. The van der Waals surface area contributed by atoms with Gasteiger partial charge in [-0.15, -0.1) is 11.3 Å². The SMILES string of the molecule is O=C(Nc1scc(-c2ccc(Cl)cc2)c1C(=O)O)c1ccccc1Br. The number of carboxylic acids is 1. The second-order valence-corrected chi connectivity index (χ2v) is 7.27. The molecule has 4 nitrogen and oxygen atoms in total. The van der Waals surface area contributed by atoms with Crippen molar-refractivity contribution in [3.8, 4) is 11.1 Å². The van der Waals surface area contributed by atoms with Crippen LogP contribution in [0.5, 0.6) is 0 Å². The van der Waals surface area contributed by atoms with Crippen molar-refractivity contribution in [3.05, 3.63) is 74.5 Å². The maximum Gasteiger partial charge on any atom is 0.339 e. The van der Waals surface area contributed by atoms with Crippen molar-refractivity contribution in [1.82, 2.24) is 0 Å². The predicted octanol–water partition coefficient (Wildman–Crippen LogP) is 5.78. The third-order valence-corrected chi connectivity index (χ3v) is 5.34. The highest BCUT2D eigenvalue weighted by Gasteiger charge is 2.22. The topological polar surface area (TPSA) is 66.4 Å². The Balaban J connectivity index is 1.98. The molecule has 0 spiro atoms. The summed E-state index contributed by atoms with van der Waals surface area (Å²) in [6.45, 7) is 0. The zero-order valence-corrected chi connectivity index (χ0v) is 15.8. The molecule has 0 aliphatic carbocycles. The van der Waals surface area contributed by atoms with E-state index in [2.05, 4.69) is 21.2 Å². The lowest BCUT2D eigenvalue weighted by Crippen LogP contribution is -2.14. The van der Waals surface area contributed by atoms with Crippen LogP contribution in [0.3, 0.4) is 0 Å². The Labute approximate surface area is 161 Å². The summed E-state index contributed by atoms with van der Waals surface area (Å²) >= 11 is 10.4. The largest absolute Gasteiger partial charge is 0.478 e. The molecular weight excluding hydrogens is 426 g/mol. The number of carbonyl (C=O) groups excluding carboxylic acids is 1. The van der Waals surface area contributed by atoms with E-state index >= 15 is 0 Å². The fraction of sp³-hybridized carbons (Fsp3) is 0. The third-order valence-electron chi connectivity index (χ3n) is 3.51. The lowest BCUT2D eigenvalue weighted by atomic mass is 10.0. The summed E-state index contributed by atoms with van der Waals surface area (Å²) in [5.74, 6) is -1.48. The van der Waals surface area contributed by atoms with Gasteiger partial charge in [0.05, 0.1) is 5.56 Å². The molecule has 1 amide bonds. The molecule has 0 unspecified atom stereocenters. The van der Waals surface area contributed by atoms with Crippen molar-refractivity contribution in [3.63, 3.8) is 0 Å². The number of anilines is 1. The van der Waals surface area contributed by atoms with Crippen molar-refractivity contribution >= 4 is 55.7 Å². The number of rotatable bonds is 4. The second-order valence-electron chi connectivity index (χ2n) is 5.10. The molecule has 0 aliphatic rings. The number of hydrogen-bond acceptors (Lipinski definition) is 3. The fourth-order valence-electron chi connectivity index (χ4n) is 2.32. The molecule has 2 N–H and O–H groups in total. The average molecular weight is 437 g/mol. The van der Waals surface area contributed by atoms with Crippen LogP contribution in [0.2, 0.25) is 5.02 Å². The van der Waals surface area contributed by atoms with E-state index in [1.807, 2.05) is 0 Å². The van der Waals surface area contributed by atoms with Gasteiger partial charge in [0.1, 0.15) is 10.6 Å². The normalized spacial score (nSPS) is 10.5. The zero-order valence-electron chi connectivity index (χ0n) is 12.6. The van der Waals surface area contributed by atoms with E-state index in [1.54, 1.807) is 53.9 Å². The van der Waals surface area contributed by atoms with Crippen molar-refractivity contribution in [2.75, 3.05) is 5.32 Å². The molecule has 0 aliphatic heterocycles. The Bertz CT molecular complexity index is 953. The fourth-order valence-corrected chi connectivity index (χ4v) is 3.87. The molecule has 2 aromatic carbocycles. The highest BCUT2D eigenvalue weighted by molar-refractivity contribution is 9.10. The first-order valence-electron chi connectivity index (χ1n) is 7.14. The predicted molar refractivity (Wildman–Crippen MR) is 104 cm³/mol. The monoisotopic (exact) mass is 435 g/mol. The van der Waals surface area contributed by atoms with Gasteiger partial charge in [-0.3, -0.25) is 4.79 Å². The summed E-state index contributed by atoms with van der Waals surface area (Å²) in [4.78, 5) is 24.2. The van der Waals surface area contributed by atoms with Gasteiger partial charge in [-0.05, 0) is 45.8 Å². The number of amides is 1. The van der Waals surface area contributed by atoms with Gasteiger partial charge < -0.3 is 10.4 Å². The van der Waals surface area contributed by atoms with Crippen LogP contribution < -0.4 is 5.32 Å². The molecule has 0 fully saturated rings. The Morgan fingerprint density at radius 1 is 1.08 bits per heavy atom. The molecule has 0 bridgehead atoms. The Kier molecular flexibility index (Phi) is 5.22. The number of benzene rings is 2. The van der Waals surface area contributed by atoms with Crippen LogP contribution in [-0.4, -0.2) is 17.0 Å². The minimum absolute atomic E-state index is 0.0627. The van der Waals surface area contributed by atoms with Crippen LogP contribution in [0.25, 0.3) is 11.1 Å². The summed E-state index contributed by atoms with van der Waals surface area (Å²) in [5.41, 5.74) is 1.75. The van der Waals surface area contributed by atoms with Gasteiger partial charge >= 0.3 is 5.97 Å². The number of aromatic carboxylic acids is 1. The summed E-state index contributed by atoms with van der Waals surface area (Å²) in [5, 5.41) is 14.9. The van der Waals surface area contributed by atoms with Crippen LogP contribution in [0.15, 0.2) is 58.4 Å². The van der Waals surface area contributed by atoms with Crippen LogP contribution in [-0.2, 0) is 0 Å². The summed E-state index contributed by atoms with van der Waals surface area (Å²) in [6.07, 6.45) is 0. The number of halogens is 2. The number of nitrogens with one attached hydrogen (secondary N) is 1. The highest BCUT2D eigenvalue weighted by atomic mass is 79.9. The lowest BCUT2D eigenvalue weighted by molar-refractivity contribution is 0.0699. The van der Waals surface area contributed by atoms with Gasteiger partial charge in [-0.1, -0.05) is 35.9 Å². The van der Waals surface area contributed by atoms with Gasteiger partial charge in [-0.25, -0.2) is 4.79 Å². The minimum Gasteiger partial charge on any atom is -0.478 e. The standard InChI is InChI=1S/C18H11BrClNO3S/c19-14-4-2-1-3-12(14)16(22)21-17-15(18(23)24)13(9-25-17)10-5-7-11(20)8-6-10/h1-9H,(H,21,22)(H,23,24). The number of carbonyl (C=O) groups is 2. The van der Waals surface area contributed by atoms with Gasteiger partial charge in [0.15, 0.2) is 0 Å². The van der Waals surface area contributed by atoms with Crippen molar-refractivity contribution in [2.24, 2.45) is 0 Å². The molecule has 126 valence electrons.